The van der Waals surface area contributed by atoms with E-state index in [0.717, 1.165) is 32.0 Å². The minimum Gasteiger partial charge on any atom is -0.357 e. The Morgan fingerprint density at radius 3 is 2.38 bits per heavy atom. The number of aromatic nitrogens is 2. The maximum absolute atomic E-state index is 5.10. The van der Waals surface area contributed by atoms with Crippen molar-refractivity contribution in [1.29, 1.82) is 0 Å². The lowest BCUT2D eigenvalue weighted by molar-refractivity contribution is 0.374. The van der Waals surface area contributed by atoms with E-state index in [1.807, 2.05) is 6.92 Å². The Bertz CT molecular complexity index is 436. The summed E-state index contributed by atoms with van der Waals surface area (Å²) in [5, 5.41) is 10.4. The van der Waals surface area contributed by atoms with Crippen LogP contribution in [-0.2, 0) is 6.42 Å². The first-order valence-electron chi connectivity index (χ1n) is 9.07. The number of unbranched alkanes of at least 4 members (excludes halogenated alkanes) is 6. The van der Waals surface area contributed by atoms with Crippen LogP contribution in [0.5, 0.6) is 0 Å². The van der Waals surface area contributed by atoms with Crippen molar-refractivity contribution in [2.45, 2.75) is 72.1 Å². The largest absolute Gasteiger partial charge is 0.357 e. The van der Waals surface area contributed by atoms with E-state index in [-0.39, 0.29) is 24.0 Å². The molecule has 0 bridgehead atoms. The molecule has 0 saturated carbocycles. The van der Waals surface area contributed by atoms with Crippen LogP contribution in [0.25, 0.3) is 0 Å². The van der Waals surface area contributed by atoms with Gasteiger partial charge in [-0.05, 0) is 20.3 Å². The molecule has 0 spiro atoms. The predicted octanol–water partition coefficient (Wildman–Crippen LogP) is 3.84. The zero-order valence-corrected chi connectivity index (χ0v) is 17.8. The van der Waals surface area contributed by atoms with E-state index in [1.54, 1.807) is 0 Å². The first kappa shape index (κ1) is 23.1. The molecule has 1 rings (SSSR count). The summed E-state index contributed by atoms with van der Waals surface area (Å²) in [5.41, 5.74) is 0. The van der Waals surface area contributed by atoms with Gasteiger partial charge in [-0.1, -0.05) is 50.6 Å². The minimum absolute atomic E-state index is 0. The van der Waals surface area contributed by atoms with Gasteiger partial charge in [-0.3, -0.25) is 4.99 Å². The minimum atomic E-state index is 0. The molecule has 0 aliphatic rings. The second kappa shape index (κ2) is 15.7. The van der Waals surface area contributed by atoms with Gasteiger partial charge in [-0.2, -0.15) is 4.98 Å². The highest BCUT2D eigenvalue weighted by molar-refractivity contribution is 14.0. The van der Waals surface area contributed by atoms with Crippen molar-refractivity contribution < 1.29 is 4.52 Å². The molecule has 0 aliphatic heterocycles. The van der Waals surface area contributed by atoms with Crippen LogP contribution in [-0.4, -0.2) is 35.7 Å². The Morgan fingerprint density at radius 1 is 1.04 bits per heavy atom. The molecule has 0 atom stereocenters. The summed E-state index contributed by atoms with van der Waals surface area (Å²) in [5.74, 6) is 2.21. The second-order valence-corrected chi connectivity index (χ2v) is 5.79. The summed E-state index contributed by atoms with van der Waals surface area (Å²) < 4.78 is 5.10. The van der Waals surface area contributed by atoms with Gasteiger partial charge in [0, 0.05) is 26.1 Å². The van der Waals surface area contributed by atoms with Crippen molar-refractivity contribution in [3.8, 4) is 0 Å². The van der Waals surface area contributed by atoms with E-state index in [0.29, 0.717) is 18.1 Å². The van der Waals surface area contributed by atoms with Gasteiger partial charge in [-0.15, -0.1) is 24.0 Å². The molecule has 0 radical (unpaired) electrons. The zero-order chi connectivity index (χ0) is 16.8. The van der Waals surface area contributed by atoms with Crippen LogP contribution < -0.4 is 10.6 Å². The van der Waals surface area contributed by atoms with E-state index >= 15 is 0 Å². The summed E-state index contributed by atoms with van der Waals surface area (Å²) in [7, 11) is 0. The molecular weight excluding hydrogens is 417 g/mol. The number of rotatable bonds is 12. The van der Waals surface area contributed by atoms with Crippen molar-refractivity contribution in [3.63, 3.8) is 0 Å². The molecule has 0 aromatic carbocycles. The first-order chi connectivity index (χ1) is 11.3. The standard InChI is InChI=1S/C17H33N5O.HI/c1-4-6-7-8-9-10-11-13-19-17(18-5-2)20-14-12-16-21-15(3)22-23-16;/h4-14H2,1-3H3,(H2,18,19,20);1H. The third-order valence-corrected chi connectivity index (χ3v) is 3.58. The molecule has 1 aromatic rings. The van der Waals surface area contributed by atoms with Crippen molar-refractivity contribution in [2.24, 2.45) is 4.99 Å². The van der Waals surface area contributed by atoms with Gasteiger partial charge in [-0.25, -0.2) is 0 Å². The van der Waals surface area contributed by atoms with Crippen molar-refractivity contribution >= 4 is 29.9 Å². The van der Waals surface area contributed by atoms with Crippen LogP contribution in [0.3, 0.4) is 0 Å². The average molecular weight is 451 g/mol. The van der Waals surface area contributed by atoms with Gasteiger partial charge in [0.05, 0.1) is 0 Å². The summed E-state index contributed by atoms with van der Waals surface area (Å²) in [6.45, 7) is 8.64. The fourth-order valence-corrected chi connectivity index (χ4v) is 2.33. The number of aryl methyl sites for hydroxylation is 1. The molecule has 24 heavy (non-hydrogen) atoms. The lowest BCUT2D eigenvalue weighted by Gasteiger charge is -2.10. The molecule has 0 aliphatic carbocycles. The maximum atomic E-state index is 5.10. The molecule has 140 valence electrons. The number of nitrogens with zero attached hydrogens (tertiary/aromatic N) is 3. The molecule has 6 nitrogen and oxygen atoms in total. The topological polar surface area (TPSA) is 75.3 Å². The van der Waals surface area contributed by atoms with Crippen molar-refractivity contribution in [3.05, 3.63) is 11.7 Å². The van der Waals surface area contributed by atoms with Crippen molar-refractivity contribution in [2.75, 3.05) is 19.6 Å². The third-order valence-electron chi connectivity index (χ3n) is 3.58. The van der Waals surface area contributed by atoms with Gasteiger partial charge in [0.2, 0.25) is 5.89 Å². The number of guanidine groups is 1. The third kappa shape index (κ3) is 11.6. The normalized spacial score (nSPS) is 11.2. The van der Waals surface area contributed by atoms with E-state index in [4.69, 9.17) is 4.52 Å². The lowest BCUT2D eigenvalue weighted by atomic mass is 10.1. The number of nitrogens with one attached hydrogen (secondary N) is 2. The highest BCUT2D eigenvalue weighted by Crippen LogP contribution is 2.06. The van der Waals surface area contributed by atoms with Crippen molar-refractivity contribution in [1.82, 2.24) is 20.8 Å². The molecule has 7 heteroatoms. The summed E-state index contributed by atoms with van der Waals surface area (Å²) in [6, 6.07) is 0. The zero-order valence-electron chi connectivity index (χ0n) is 15.4. The highest BCUT2D eigenvalue weighted by atomic mass is 127. The van der Waals surface area contributed by atoms with Gasteiger partial charge >= 0.3 is 0 Å². The van der Waals surface area contributed by atoms with Crippen LogP contribution >= 0.6 is 24.0 Å². The van der Waals surface area contributed by atoms with Crippen LogP contribution in [0.2, 0.25) is 0 Å². The number of hydrogen-bond acceptors (Lipinski definition) is 4. The average Bonchev–Trinajstić information content (AvgIpc) is 2.95. The maximum Gasteiger partial charge on any atom is 0.228 e. The van der Waals surface area contributed by atoms with Crippen LogP contribution in [0.1, 0.15) is 70.5 Å². The molecule has 0 fully saturated rings. The van der Waals surface area contributed by atoms with Gasteiger partial charge < -0.3 is 15.2 Å². The Hall–Kier alpha value is -0.860. The molecule has 1 aromatic heterocycles. The SMILES string of the molecule is CCCCCCCCCN=C(NCC)NCCc1nc(C)no1.I. The molecule has 1 heterocycles. The van der Waals surface area contributed by atoms with Crippen LogP contribution in [0.4, 0.5) is 0 Å². The quantitative estimate of drug-likeness (QED) is 0.219. The van der Waals surface area contributed by atoms with E-state index in [9.17, 15) is 0 Å². The van der Waals surface area contributed by atoms with Crippen LogP contribution in [0, 0.1) is 6.92 Å². The summed E-state index contributed by atoms with van der Waals surface area (Å²) in [4.78, 5) is 8.80. The fraction of sp³-hybridized carbons (Fsp3) is 0.824. The Balaban J connectivity index is 0.00000529. The molecule has 0 saturated heterocycles. The van der Waals surface area contributed by atoms with Gasteiger partial charge in [0.25, 0.3) is 0 Å². The molecule has 0 amide bonds. The molecule has 2 N–H and O–H groups in total. The second-order valence-electron chi connectivity index (χ2n) is 5.79. The van der Waals surface area contributed by atoms with Gasteiger partial charge in [0.1, 0.15) is 0 Å². The van der Waals surface area contributed by atoms with Crippen LogP contribution in [0.15, 0.2) is 9.52 Å². The number of halogens is 1. The lowest BCUT2D eigenvalue weighted by Crippen LogP contribution is -2.38. The van der Waals surface area contributed by atoms with E-state index in [1.165, 1.54) is 38.5 Å². The Morgan fingerprint density at radius 2 is 1.75 bits per heavy atom. The summed E-state index contributed by atoms with van der Waals surface area (Å²) >= 11 is 0. The monoisotopic (exact) mass is 451 g/mol. The number of hydrogen-bond donors (Lipinski definition) is 2. The summed E-state index contributed by atoms with van der Waals surface area (Å²) in [6.07, 6.45) is 9.88. The Kier molecular flexibility index (Phi) is 15.1. The smallest absolute Gasteiger partial charge is 0.228 e. The van der Waals surface area contributed by atoms with Gasteiger partial charge in [0.15, 0.2) is 11.8 Å². The number of aliphatic imine (C=N–C) groups is 1. The molecule has 0 unspecified atom stereocenters. The van der Waals surface area contributed by atoms with E-state index < -0.39 is 0 Å². The fourth-order valence-electron chi connectivity index (χ4n) is 2.33. The molecular formula is C17H34IN5O. The Labute approximate surface area is 163 Å². The predicted molar refractivity (Wildman–Crippen MR) is 110 cm³/mol. The first-order valence-corrected chi connectivity index (χ1v) is 9.07. The highest BCUT2D eigenvalue weighted by Gasteiger charge is 2.03. The van der Waals surface area contributed by atoms with E-state index in [2.05, 4.69) is 39.6 Å².